The highest BCUT2D eigenvalue weighted by Crippen LogP contribution is 2.26. The molecule has 1 aromatic carbocycles. The maximum Gasteiger partial charge on any atom is 0.131 e. The van der Waals surface area contributed by atoms with Gasteiger partial charge in [0.05, 0.1) is 12.7 Å². The number of aromatic hydroxyl groups is 1. The highest BCUT2D eigenvalue weighted by Gasteiger charge is 2.24. The van der Waals surface area contributed by atoms with Crippen molar-refractivity contribution in [3.63, 3.8) is 0 Å². The molecular formula is C13H18FNO2. The molecule has 0 amide bonds. The zero-order valence-corrected chi connectivity index (χ0v) is 10.2. The number of hydrogen-bond acceptors (Lipinski definition) is 3. The molecule has 3 nitrogen and oxygen atoms in total. The molecule has 0 aliphatic carbocycles. The molecular weight excluding hydrogens is 221 g/mol. The summed E-state index contributed by atoms with van der Waals surface area (Å²) in [5, 5.41) is 9.20. The van der Waals surface area contributed by atoms with Gasteiger partial charge in [0.2, 0.25) is 0 Å². The Bertz CT molecular complexity index is 397. The summed E-state index contributed by atoms with van der Waals surface area (Å²) in [7, 11) is 0. The Hall–Kier alpha value is -1.13. The second-order valence-corrected chi connectivity index (χ2v) is 4.56. The Morgan fingerprint density at radius 3 is 2.94 bits per heavy atom. The molecule has 0 radical (unpaired) electrons. The molecule has 0 aromatic heterocycles. The molecule has 2 rings (SSSR count). The summed E-state index contributed by atoms with van der Waals surface area (Å²) >= 11 is 0. The molecule has 0 saturated carbocycles. The number of halogens is 1. The second kappa shape index (κ2) is 5.02. The van der Waals surface area contributed by atoms with Gasteiger partial charge in [-0.2, -0.15) is 0 Å². The quantitative estimate of drug-likeness (QED) is 0.859. The standard InChI is InChI=1S/C13H18FNO2/c1-9-8-15(5-6-17-9)10(2)12-4-3-11(16)7-13(12)14/h3-4,7,9-10,16H,5-6,8H2,1-2H3. The van der Waals surface area contributed by atoms with Gasteiger partial charge in [-0.15, -0.1) is 0 Å². The molecule has 1 aromatic rings. The summed E-state index contributed by atoms with van der Waals surface area (Å²) in [5.41, 5.74) is 0.622. The number of phenols is 1. The highest BCUT2D eigenvalue weighted by atomic mass is 19.1. The van der Waals surface area contributed by atoms with E-state index >= 15 is 0 Å². The van der Waals surface area contributed by atoms with Crippen molar-refractivity contribution in [3.05, 3.63) is 29.6 Å². The van der Waals surface area contributed by atoms with Crippen LogP contribution in [0.15, 0.2) is 18.2 Å². The number of hydrogen-bond donors (Lipinski definition) is 1. The number of benzene rings is 1. The van der Waals surface area contributed by atoms with Crippen LogP contribution in [0.5, 0.6) is 5.75 Å². The molecule has 2 atom stereocenters. The lowest BCUT2D eigenvalue weighted by Gasteiger charge is -2.35. The van der Waals surface area contributed by atoms with E-state index < -0.39 is 0 Å². The van der Waals surface area contributed by atoms with E-state index in [1.165, 1.54) is 6.07 Å². The van der Waals surface area contributed by atoms with Crippen molar-refractivity contribution in [3.8, 4) is 5.75 Å². The van der Waals surface area contributed by atoms with Crippen LogP contribution in [0.25, 0.3) is 0 Å². The lowest BCUT2D eigenvalue weighted by molar-refractivity contribution is -0.0324. The molecule has 1 saturated heterocycles. The predicted octanol–water partition coefficient (Wildman–Crippen LogP) is 2.31. The number of ether oxygens (including phenoxy) is 1. The van der Waals surface area contributed by atoms with E-state index in [-0.39, 0.29) is 23.7 Å². The maximum atomic E-state index is 13.7. The van der Waals surface area contributed by atoms with Gasteiger partial charge in [0.15, 0.2) is 0 Å². The fraction of sp³-hybridized carbons (Fsp3) is 0.538. The minimum absolute atomic E-state index is 0.00181. The number of phenolic OH excluding ortho intramolecular Hbond substituents is 1. The molecule has 94 valence electrons. The fourth-order valence-electron chi connectivity index (χ4n) is 2.25. The Balaban J connectivity index is 2.15. The van der Waals surface area contributed by atoms with Crippen LogP contribution in [-0.2, 0) is 4.74 Å². The van der Waals surface area contributed by atoms with Crippen LogP contribution < -0.4 is 0 Å². The third kappa shape index (κ3) is 2.76. The van der Waals surface area contributed by atoms with Crippen molar-refractivity contribution < 1.29 is 14.2 Å². The first-order valence-electron chi connectivity index (χ1n) is 5.92. The maximum absolute atomic E-state index is 13.7. The van der Waals surface area contributed by atoms with Crippen LogP contribution in [-0.4, -0.2) is 35.8 Å². The van der Waals surface area contributed by atoms with Crippen molar-refractivity contribution in [2.45, 2.75) is 26.0 Å². The molecule has 1 aliphatic rings. The van der Waals surface area contributed by atoms with Gasteiger partial charge in [-0.05, 0) is 19.9 Å². The summed E-state index contributed by atoms with van der Waals surface area (Å²) in [6.45, 7) is 6.30. The Labute approximate surface area is 101 Å². The van der Waals surface area contributed by atoms with Crippen molar-refractivity contribution in [2.75, 3.05) is 19.7 Å². The second-order valence-electron chi connectivity index (χ2n) is 4.56. The first-order valence-corrected chi connectivity index (χ1v) is 5.92. The van der Waals surface area contributed by atoms with Crippen LogP contribution in [0, 0.1) is 5.82 Å². The van der Waals surface area contributed by atoms with Gasteiger partial charge in [0.25, 0.3) is 0 Å². The van der Waals surface area contributed by atoms with Crippen LogP contribution in [0.2, 0.25) is 0 Å². The summed E-state index contributed by atoms with van der Waals surface area (Å²) < 4.78 is 19.2. The van der Waals surface area contributed by atoms with Crippen LogP contribution in [0.4, 0.5) is 4.39 Å². The smallest absolute Gasteiger partial charge is 0.131 e. The van der Waals surface area contributed by atoms with E-state index in [4.69, 9.17) is 4.74 Å². The molecule has 1 N–H and O–H groups in total. The van der Waals surface area contributed by atoms with Crippen LogP contribution >= 0.6 is 0 Å². The summed E-state index contributed by atoms with van der Waals surface area (Å²) in [6, 6.07) is 4.34. The minimum Gasteiger partial charge on any atom is -0.508 e. The average molecular weight is 239 g/mol. The molecule has 0 spiro atoms. The van der Waals surface area contributed by atoms with E-state index in [2.05, 4.69) is 4.90 Å². The monoisotopic (exact) mass is 239 g/mol. The Morgan fingerprint density at radius 2 is 2.29 bits per heavy atom. The van der Waals surface area contributed by atoms with Gasteiger partial charge in [-0.25, -0.2) is 4.39 Å². The van der Waals surface area contributed by atoms with Crippen LogP contribution in [0.1, 0.15) is 25.5 Å². The zero-order valence-electron chi connectivity index (χ0n) is 10.2. The molecule has 1 fully saturated rings. The van der Waals surface area contributed by atoms with Gasteiger partial charge in [0, 0.05) is 30.8 Å². The fourth-order valence-corrected chi connectivity index (χ4v) is 2.25. The van der Waals surface area contributed by atoms with Gasteiger partial charge in [-0.3, -0.25) is 4.90 Å². The first-order chi connectivity index (χ1) is 8.08. The van der Waals surface area contributed by atoms with E-state index in [0.717, 1.165) is 19.2 Å². The van der Waals surface area contributed by atoms with E-state index in [0.29, 0.717) is 12.2 Å². The van der Waals surface area contributed by atoms with Crippen molar-refractivity contribution >= 4 is 0 Å². The normalized spacial score (nSPS) is 23.6. The highest BCUT2D eigenvalue weighted by molar-refractivity contribution is 5.29. The molecule has 1 heterocycles. The minimum atomic E-state index is -0.350. The number of morpholine rings is 1. The van der Waals surface area contributed by atoms with Crippen molar-refractivity contribution in [2.24, 2.45) is 0 Å². The van der Waals surface area contributed by atoms with Gasteiger partial charge in [-0.1, -0.05) is 6.07 Å². The van der Waals surface area contributed by atoms with Crippen molar-refractivity contribution in [1.29, 1.82) is 0 Å². The van der Waals surface area contributed by atoms with E-state index in [9.17, 15) is 9.50 Å². The lowest BCUT2D eigenvalue weighted by atomic mass is 10.0. The molecule has 0 bridgehead atoms. The van der Waals surface area contributed by atoms with Gasteiger partial charge in [0.1, 0.15) is 11.6 Å². The zero-order chi connectivity index (χ0) is 12.4. The summed E-state index contributed by atoms with van der Waals surface area (Å²) in [4.78, 5) is 2.20. The first kappa shape index (κ1) is 12.3. The Kier molecular flexibility index (Phi) is 3.64. The molecule has 1 aliphatic heterocycles. The molecule has 2 unspecified atom stereocenters. The van der Waals surface area contributed by atoms with Crippen molar-refractivity contribution in [1.82, 2.24) is 4.90 Å². The largest absolute Gasteiger partial charge is 0.508 e. The summed E-state index contributed by atoms with van der Waals surface area (Å²) in [5.74, 6) is -0.384. The van der Waals surface area contributed by atoms with Crippen LogP contribution in [0.3, 0.4) is 0 Å². The van der Waals surface area contributed by atoms with E-state index in [1.54, 1.807) is 6.07 Å². The third-order valence-electron chi connectivity index (χ3n) is 3.25. The number of rotatable bonds is 2. The SMILES string of the molecule is CC1CN(C(C)c2ccc(O)cc2F)CCO1. The number of nitrogens with zero attached hydrogens (tertiary/aromatic N) is 1. The predicted molar refractivity (Wildman–Crippen MR) is 63.5 cm³/mol. The van der Waals surface area contributed by atoms with Gasteiger partial charge < -0.3 is 9.84 Å². The lowest BCUT2D eigenvalue weighted by Crippen LogP contribution is -2.42. The van der Waals surface area contributed by atoms with E-state index in [1.807, 2.05) is 13.8 Å². The molecule has 4 heteroatoms. The third-order valence-corrected chi connectivity index (χ3v) is 3.25. The average Bonchev–Trinajstić information content (AvgIpc) is 2.28. The van der Waals surface area contributed by atoms with Gasteiger partial charge >= 0.3 is 0 Å². The molecule has 17 heavy (non-hydrogen) atoms. The topological polar surface area (TPSA) is 32.7 Å². The summed E-state index contributed by atoms with van der Waals surface area (Å²) in [6.07, 6.45) is 0.186. The Morgan fingerprint density at radius 1 is 1.53 bits per heavy atom.